The number of hydrogen-bond donors (Lipinski definition) is 2. The van der Waals surface area contributed by atoms with Crippen LogP contribution in [0.15, 0.2) is 30.6 Å². The van der Waals surface area contributed by atoms with Crippen molar-refractivity contribution in [3.05, 3.63) is 47.5 Å². The van der Waals surface area contributed by atoms with Crippen molar-refractivity contribution >= 4 is 6.03 Å². The number of hydrogen-bond acceptors (Lipinski definition) is 4. The second-order valence-electron chi connectivity index (χ2n) is 5.08. The molecule has 0 unspecified atom stereocenters. The molecule has 10 heteroatoms. The molecule has 2 amide bonds. The summed E-state index contributed by atoms with van der Waals surface area (Å²) < 4.78 is 39.0. The quantitative estimate of drug-likeness (QED) is 0.817. The maximum Gasteiger partial charge on any atom is 0.416 e. The number of nitrogens with one attached hydrogen (secondary N) is 2. The molecule has 0 saturated heterocycles. The molecule has 0 aliphatic carbocycles. The predicted octanol–water partition coefficient (Wildman–Crippen LogP) is 2.33. The Morgan fingerprint density at radius 1 is 1.33 bits per heavy atom. The number of carbonyl (C=O) groups excluding carboxylic acids is 1. The van der Waals surface area contributed by atoms with Crippen LogP contribution >= 0.6 is 0 Å². The van der Waals surface area contributed by atoms with Crippen molar-refractivity contribution in [2.24, 2.45) is 7.05 Å². The van der Waals surface area contributed by atoms with E-state index in [1.54, 1.807) is 18.5 Å². The van der Waals surface area contributed by atoms with Gasteiger partial charge in [0, 0.05) is 7.05 Å². The minimum Gasteiger partial charge on any atom is -0.327 e. The molecule has 1 heterocycles. The van der Waals surface area contributed by atoms with Crippen LogP contribution in [0.5, 0.6) is 0 Å². The van der Waals surface area contributed by atoms with E-state index >= 15 is 0 Å². The standard InChI is InChI=1S/C14H16F3N5O2/c1-9(12-20-18-8-22(12)2)19-13(23)21-24-7-10-3-5-11(6-4-10)14(15,16)17/h3-6,8-9H,7H2,1-2H3,(H2,19,21,23)/t9-/m1/s1. The van der Waals surface area contributed by atoms with Crippen LogP contribution in [0.1, 0.15) is 29.9 Å². The molecule has 24 heavy (non-hydrogen) atoms. The molecule has 1 aromatic heterocycles. The van der Waals surface area contributed by atoms with Crippen LogP contribution in [0.2, 0.25) is 0 Å². The summed E-state index contributed by atoms with van der Waals surface area (Å²) in [5.74, 6) is 0.563. The van der Waals surface area contributed by atoms with E-state index in [1.165, 1.54) is 18.5 Å². The molecule has 2 aromatic rings. The molecule has 130 valence electrons. The van der Waals surface area contributed by atoms with Crippen LogP contribution in [-0.4, -0.2) is 20.8 Å². The zero-order valence-corrected chi connectivity index (χ0v) is 13.0. The summed E-state index contributed by atoms with van der Waals surface area (Å²) in [6.07, 6.45) is -2.87. The predicted molar refractivity (Wildman–Crippen MR) is 77.3 cm³/mol. The highest BCUT2D eigenvalue weighted by molar-refractivity contribution is 5.73. The fraction of sp³-hybridized carbons (Fsp3) is 0.357. The number of hydroxylamine groups is 1. The Labute approximate surface area is 135 Å². The Kier molecular flexibility index (Phi) is 5.39. The van der Waals surface area contributed by atoms with Gasteiger partial charge in [-0.1, -0.05) is 12.1 Å². The summed E-state index contributed by atoms with van der Waals surface area (Å²) in [6, 6.07) is 3.48. The third kappa shape index (κ3) is 4.69. The van der Waals surface area contributed by atoms with E-state index < -0.39 is 23.8 Å². The number of alkyl halides is 3. The number of rotatable bonds is 5. The Hall–Kier alpha value is -2.62. The van der Waals surface area contributed by atoms with Crippen LogP contribution in [0, 0.1) is 0 Å². The maximum absolute atomic E-state index is 12.4. The van der Waals surface area contributed by atoms with Gasteiger partial charge in [0.05, 0.1) is 18.2 Å². The summed E-state index contributed by atoms with van der Waals surface area (Å²) in [7, 11) is 1.74. The summed E-state index contributed by atoms with van der Waals surface area (Å²) in [5.41, 5.74) is 1.91. The van der Waals surface area contributed by atoms with Crippen molar-refractivity contribution in [1.82, 2.24) is 25.6 Å². The minimum absolute atomic E-state index is 0.0656. The van der Waals surface area contributed by atoms with Crippen LogP contribution in [0.3, 0.4) is 0 Å². The first-order valence-corrected chi connectivity index (χ1v) is 6.95. The Bertz CT molecular complexity index is 684. The molecular weight excluding hydrogens is 327 g/mol. The fourth-order valence-corrected chi connectivity index (χ4v) is 1.95. The van der Waals surface area contributed by atoms with Crippen LogP contribution in [-0.2, 0) is 24.7 Å². The monoisotopic (exact) mass is 343 g/mol. The van der Waals surface area contributed by atoms with E-state index in [9.17, 15) is 18.0 Å². The third-order valence-corrected chi connectivity index (χ3v) is 3.17. The molecule has 0 fully saturated rings. The van der Waals surface area contributed by atoms with Gasteiger partial charge in [-0.2, -0.15) is 13.2 Å². The fourth-order valence-electron chi connectivity index (χ4n) is 1.95. The van der Waals surface area contributed by atoms with Gasteiger partial charge in [0.25, 0.3) is 0 Å². The van der Waals surface area contributed by atoms with E-state index in [0.29, 0.717) is 11.4 Å². The first kappa shape index (κ1) is 17.7. The van der Waals surface area contributed by atoms with Crippen molar-refractivity contribution in [2.75, 3.05) is 0 Å². The highest BCUT2D eigenvalue weighted by Crippen LogP contribution is 2.29. The van der Waals surface area contributed by atoms with Crippen LogP contribution < -0.4 is 10.8 Å². The van der Waals surface area contributed by atoms with Crippen molar-refractivity contribution in [2.45, 2.75) is 25.7 Å². The molecule has 1 aromatic carbocycles. The SMILES string of the molecule is C[C@@H](NC(=O)NOCc1ccc(C(F)(F)F)cc1)c1nncn1C. The molecular formula is C14H16F3N5O2. The second-order valence-corrected chi connectivity index (χ2v) is 5.08. The van der Waals surface area contributed by atoms with E-state index in [2.05, 4.69) is 21.0 Å². The summed E-state index contributed by atoms with van der Waals surface area (Å²) >= 11 is 0. The van der Waals surface area contributed by atoms with E-state index in [-0.39, 0.29) is 6.61 Å². The third-order valence-electron chi connectivity index (χ3n) is 3.17. The van der Waals surface area contributed by atoms with Gasteiger partial charge in [-0.05, 0) is 24.6 Å². The number of aromatic nitrogens is 3. The van der Waals surface area contributed by atoms with Gasteiger partial charge in [-0.3, -0.25) is 4.84 Å². The van der Waals surface area contributed by atoms with Crippen LogP contribution in [0.4, 0.5) is 18.0 Å². The molecule has 0 aliphatic rings. The van der Waals surface area contributed by atoms with E-state index in [1.807, 2.05) is 0 Å². The number of nitrogens with zero attached hydrogens (tertiary/aromatic N) is 3. The summed E-state index contributed by atoms with van der Waals surface area (Å²) in [6.45, 7) is 1.66. The lowest BCUT2D eigenvalue weighted by Crippen LogP contribution is -2.37. The van der Waals surface area contributed by atoms with Crippen molar-refractivity contribution in [3.63, 3.8) is 0 Å². The average Bonchev–Trinajstić information content (AvgIpc) is 2.93. The topological polar surface area (TPSA) is 81.1 Å². The number of benzene rings is 1. The molecule has 7 nitrogen and oxygen atoms in total. The number of carbonyl (C=O) groups is 1. The Morgan fingerprint density at radius 2 is 2.00 bits per heavy atom. The smallest absolute Gasteiger partial charge is 0.327 e. The first-order valence-electron chi connectivity index (χ1n) is 6.95. The lowest BCUT2D eigenvalue weighted by atomic mass is 10.1. The Morgan fingerprint density at radius 3 is 2.54 bits per heavy atom. The first-order chi connectivity index (χ1) is 11.3. The van der Waals surface area contributed by atoms with Crippen molar-refractivity contribution in [1.29, 1.82) is 0 Å². The molecule has 0 saturated carbocycles. The minimum atomic E-state index is -4.38. The van der Waals surface area contributed by atoms with Gasteiger partial charge >= 0.3 is 12.2 Å². The number of amides is 2. The highest BCUT2D eigenvalue weighted by atomic mass is 19.4. The van der Waals surface area contributed by atoms with Gasteiger partial charge in [-0.25, -0.2) is 10.3 Å². The van der Waals surface area contributed by atoms with Crippen LogP contribution in [0.25, 0.3) is 0 Å². The average molecular weight is 343 g/mol. The normalized spacial score (nSPS) is 12.7. The van der Waals surface area contributed by atoms with Crippen molar-refractivity contribution in [3.8, 4) is 0 Å². The molecule has 0 aliphatic heterocycles. The molecule has 0 spiro atoms. The zero-order valence-electron chi connectivity index (χ0n) is 13.0. The lowest BCUT2D eigenvalue weighted by Gasteiger charge is -2.13. The molecule has 0 radical (unpaired) electrons. The van der Waals surface area contributed by atoms with E-state index in [4.69, 9.17) is 4.84 Å². The second kappa shape index (κ2) is 7.30. The summed E-state index contributed by atoms with van der Waals surface area (Å²) in [5, 5.41) is 10.2. The van der Waals surface area contributed by atoms with E-state index in [0.717, 1.165) is 12.1 Å². The molecule has 1 atom stereocenters. The van der Waals surface area contributed by atoms with Gasteiger partial charge in [-0.15, -0.1) is 10.2 Å². The molecule has 2 N–H and O–H groups in total. The van der Waals surface area contributed by atoms with Gasteiger partial charge in [0.2, 0.25) is 0 Å². The van der Waals surface area contributed by atoms with Gasteiger partial charge in [0.15, 0.2) is 5.82 Å². The lowest BCUT2D eigenvalue weighted by molar-refractivity contribution is -0.137. The van der Waals surface area contributed by atoms with Gasteiger partial charge in [0.1, 0.15) is 6.33 Å². The van der Waals surface area contributed by atoms with Gasteiger partial charge < -0.3 is 9.88 Å². The maximum atomic E-state index is 12.4. The summed E-state index contributed by atoms with van der Waals surface area (Å²) in [4.78, 5) is 16.7. The number of aryl methyl sites for hydroxylation is 1. The largest absolute Gasteiger partial charge is 0.416 e. The number of urea groups is 1. The van der Waals surface area contributed by atoms with Crippen molar-refractivity contribution < 1.29 is 22.8 Å². The highest BCUT2D eigenvalue weighted by Gasteiger charge is 2.29. The molecule has 0 bridgehead atoms. The zero-order chi connectivity index (χ0) is 17.7. The molecule has 2 rings (SSSR count). The number of halogens is 3. The Balaban J connectivity index is 1.77.